The zero-order valence-corrected chi connectivity index (χ0v) is 27.1. The molecule has 0 aliphatic carbocycles. The van der Waals surface area contributed by atoms with Crippen molar-refractivity contribution in [3.8, 4) is 0 Å². The average molecular weight is 689 g/mol. The van der Waals surface area contributed by atoms with Crippen molar-refractivity contribution >= 4 is 63.0 Å². The van der Waals surface area contributed by atoms with Crippen LogP contribution in [0.1, 0.15) is 34.1 Å². The van der Waals surface area contributed by atoms with Crippen LogP contribution >= 0.6 is 0 Å². The number of carbonyl (C=O) groups excluding carboxylic acids is 4. The Labute approximate surface area is 251 Å². The van der Waals surface area contributed by atoms with Crippen molar-refractivity contribution in [3.05, 3.63) is 47.9 Å². The quantitative estimate of drug-likeness (QED) is 0.117. The van der Waals surface area contributed by atoms with Crippen molar-refractivity contribution in [3.63, 3.8) is 0 Å². The number of nitrogens with one attached hydrogen (secondary N) is 4. The van der Waals surface area contributed by atoms with Crippen molar-refractivity contribution < 1.29 is 52.8 Å². The first-order valence-electron chi connectivity index (χ1n) is 12.1. The lowest BCUT2D eigenvalue weighted by molar-refractivity contribution is -0.123. The van der Waals surface area contributed by atoms with Gasteiger partial charge in [-0.15, -0.1) is 0 Å². The minimum absolute atomic E-state index is 0.496. The molecule has 0 heterocycles. The van der Waals surface area contributed by atoms with E-state index in [1.807, 2.05) is 0 Å². The van der Waals surface area contributed by atoms with Gasteiger partial charge >= 0.3 is 0 Å². The second kappa shape index (κ2) is 15.4. The summed E-state index contributed by atoms with van der Waals surface area (Å²) in [5.41, 5.74) is 0. The smallest absolute Gasteiger partial charge is 0.240 e. The maximum Gasteiger partial charge on any atom is 0.240 e. The largest absolute Gasteiger partial charge is 0.335 e. The Bertz CT molecular complexity index is 1350. The van der Waals surface area contributed by atoms with Crippen LogP contribution in [0.25, 0.3) is 0 Å². The lowest BCUT2D eigenvalue weighted by Crippen LogP contribution is -2.60. The molecule has 0 saturated carbocycles. The number of amides is 4. The van der Waals surface area contributed by atoms with Gasteiger partial charge in [0, 0.05) is 28.1 Å². The Hall–Kier alpha value is -3.36. The molecule has 0 spiro atoms. The highest BCUT2D eigenvalue weighted by Gasteiger charge is 2.35. The lowest BCUT2D eigenvalue weighted by Gasteiger charge is -2.29. The molecule has 4 amide bonds. The van der Waals surface area contributed by atoms with E-state index in [4.69, 9.17) is 0 Å². The fourth-order valence-corrected chi connectivity index (χ4v) is 5.49. The maximum absolute atomic E-state index is 12.8. The summed E-state index contributed by atoms with van der Waals surface area (Å²) in [6.07, 6.45) is -4.26. The molecule has 0 aromatic heterocycles. The molecule has 43 heavy (non-hydrogen) atoms. The number of carbonyl (C=O) groups is 4. The van der Waals surface area contributed by atoms with E-state index in [9.17, 15) is 52.8 Å². The van der Waals surface area contributed by atoms with Crippen LogP contribution in [-0.2, 0) is 58.5 Å². The van der Waals surface area contributed by atoms with E-state index < -0.39 is 103 Å². The molecule has 4 unspecified atom stereocenters. The minimum Gasteiger partial charge on any atom is -0.335 e. The average Bonchev–Trinajstić information content (AvgIpc) is 2.94. The second-order valence-corrected chi connectivity index (χ2v) is 17.8. The fourth-order valence-electron chi connectivity index (χ4n) is 2.87. The first-order valence-corrected chi connectivity index (χ1v) is 18.5. The van der Waals surface area contributed by atoms with Crippen molar-refractivity contribution in [2.45, 2.75) is 67.4 Å². The van der Waals surface area contributed by atoms with Gasteiger partial charge in [0.25, 0.3) is 0 Å². The molecule has 0 aliphatic rings. The number of rotatable bonds is 18. The third kappa shape index (κ3) is 11.0. The summed E-state index contributed by atoms with van der Waals surface area (Å²) in [7, 11) is -16.8. The zero-order chi connectivity index (χ0) is 34.1. The Balaban J connectivity index is 6.72. The predicted molar refractivity (Wildman–Crippen MR) is 159 cm³/mol. The van der Waals surface area contributed by atoms with Gasteiger partial charge in [0.15, 0.2) is 39.3 Å². The summed E-state index contributed by atoms with van der Waals surface area (Å²) >= 11 is 0. The summed E-state index contributed by atoms with van der Waals surface area (Å²) in [6.45, 7) is 16.3. The standard InChI is InChI=1S/C23H36N4O12S4/c1-9-40(32,33)14(5)20(28)24-18(25-21(29)15(6)41(34,35)10-2)13-19(26-22(30)16(7)42(36,37)11-3)27-23(31)17(8)43(38,39)12-4/h9-12,14-19H,1-4,13H2,5-8H3,(H,24,28)(H,25,29)(H,26,30)(H,27,31). The molecule has 0 rings (SSSR count). The molecule has 0 bridgehead atoms. The molecular formula is C23H36N4O12S4. The molecular weight excluding hydrogens is 653 g/mol. The summed E-state index contributed by atoms with van der Waals surface area (Å²) in [5, 5.41) is 3.42. The van der Waals surface area contributed by atoms with Crippen LogP contribution in [0, 0.1) is 0 Å². The Morgan fingerprint density at radius 2 is 0.628 bits per heavy atom. The molecule has 0 aromatic carbocycles. The highest BCUT2D eigenvalue weighted by atomic mass is 32.2. The van der Waals surface area contributed by atoms with Crippen molar-refractivity contribution in [2.24, 2.45) is 0 Å². The topological polar surface area (TPSA) is 253 Å². The van der Waals surface area contributed by atoms with Gasteiger partial charge in [-0.1, -0.05) is 26.3 Å². The fraction of sp³-hybridized carbons (Fsp3) is 0.478. The number of hydrogen-bond acceptors (Lipinski definition) is 12. The van der Waals surface area contributed by atoms with Crippen LogP contribution in [0.5, 0.6) is 0 Å². The third-order valence-electron chi connectivity index (χ3n) is 6.11. The van der Waals surface area contributed by atoms with E-state index in [1.54, 1.807) is 0 Å². The van der Waals surface area contributed by atoms with Gasteiger partial charge in [-0.05, 0) is 27.7 Å². The van der Waals surface area contributed by atoms with E-state index in [1.165, 1.54) is 0 Å². The molecule has 16 nitrogen and oxygen atoms in total. The normalized spacial score (nSPS) is 16.5. The molecule has 0 aromatic rings. The molecule has 4 N–H and O–H groups in total. The first-order chi connectivity index (χ1) is 19.4. The van der Waals surface area contributed by atoms with Crippen LogP contribution in [0.4, 0.5) is 0 Å². The molecule has 0 fully saturated rings. The minimum atomic E-state index is -4.20. The van der Waals surface area contributed by atoms with Gasteiger partial charge in [-0.3, -0.25) is 19.2 Å². The third-order valence-corrected chi connectivity index (χ3v) is 12.8. The van der Waals surface area contributed by atoms with E-state index in [0.29, 0.717) is 21.6 Å². The van der Waals surface area contributed by atoms with Gasteiger partial charge < -0.3 is 21.3 Å². The van der Waals surface area contributed by atoms with E-state index >= 15 is 0 Å². The monoisotopic (exact) mass is 688 g/mol. The van der Waals surface area contributed by atoms with Crippen molar-refractivity contribution in [1.29, 1.82) is 0 Å². The molecule has 244 valence electrons. The van der Waals surface area contributed by atoms with Crippen LogP contribution in [0.3, 0.4) is 0 Å². The Morgan fingerprint density at radius 1 is 0.465 bits per heavy atom. The summed E-state index contributed by atoms with van der Waals surface area (Å²) in [5.74, 6) is -4.92. The van der Waals surface area contributed by atoms with Crippen LogP contribution in [0.15, 0.2) is 47.9 Å². The van der Waals surface area contributed by atoms with E-state index in [-0.39, 0.29) is 0 Å². The lowest BCUT2D eigenvalue weighted by atomic mass is 10.2. The first kappa shape index (κ1) is 39.6. The summed E-state index contributed by atoms with van der Waals surface area (Å²) in [6, 6.07) is 0. The molecule has 0 radical (unpaired) electrons. The predicted octanol–water partition coefficient (Wildman–Crippen LogP) is -1.72. The number of sulfone groups is 4. The number of hydrogen-bond donors (Lipinski definition) is 4. The molecule has 20 heteroatoms. The van der Waals surface area contributed by atoms with Crippen LogP contribution < -0.4 is 21.3 Å². The second-order valence-electron chi connectivity index (χ2n) is 8.97. The molecule has 0 aliphatic heterocycles. The van der Waals surface area contributed by atoms with Gasteiger partial charge in [-0.25, -0.2) is 33.7 Å². The van der Waals surface area contributed by atoms with Crippen LogP contribution in [0.2, 0.25) is 0 Å². The molecule has 4 atom stereocenters. The Morgan fingerprint density at radius 3 is 0.767 bits per heavy atom. The Kier molecular flexibility index (Phi) is 14.2. The summed E-state index contributed by atoms with van der Waals surface area (Å²) < 4.78 is 97.0. The summed E-state index contributed by atoms with van der Waals surface area (Å²) in [4.78, 5) is 51.1. The highest BCUT2D eigenvalue weighted by molar-refractivity contribution is 7.96. The van der Waals surface area contributed by atoms with Gasteiger partial charge in [0.2, 0.25) is 23.6 Å². The van der Waals surface area contributed by atoms with Gasteiger partial charge in [-0.2, -0.15) is 0 Å². The van der Waals surface area contributed by atoms with Gasteiger partial charge in [0.1, 0.15) is 33.3 Å². The van der Waals surface area contributed by atoms with E-state index in [0.717, 1.165) is 27.7 Å². The van der Waals surface area contributed by atoms with Gasteiger partial charge in [0.05, 0.1) is 0 Å². The van der Waals surface area contributed by atoms with Crippen molar-refractivity contribution in [2.75, 3.05) is 0 Å². The molecule has 0 saturated heterocycles. The van der Waals surface area contributed by atoms with Crippen molar-refractivity contribution in [1.82, 2.24) is 21.3 Å². The SMILES string of the molecule is C=CS(=O)(=O)C(C)C(=O)NC(CC(NC(=O)C(C)S(=O)(=O)C=C)NC(=O)C(C)S(=O)(=O)C=C)NC(=O)C(C)S(=O)(=O)C=C. The van der Waals surface area contributed by atoms with Crippen LogP contribution in [-0.4, -0.2) is 90.6 Å². The highest BCUT2D eigenvalue weighted by Crippen LogP contribution is 2.10. The maximum atomic E-state index is 12.8. The van der Waals surface area contributed by atoms with E-state index in [2.05, 4.69) is 47.6 Å². The zero-order valence-electron chi connectivity index (χ0n) is 23.8.